The first-order valence-electron chi connectivity index (χ1n) is 5.41. The average Bonchev–Trinajstić information content (AvgIpc) is 2.40. The van der Waals surface area contributed by atoms with Gasteiger partial charge in [0.05, 0.1) is 11.0 Å². The number of carbonyl (C=O) groups is 1. The zero-order valence-corrected chi connectivity index (χ0v) is 11.4. The molecule has 3 nitrogen and oxygen atoms in total. The molecule has 0 fully saturated rings. The van der Waals surface area contributed by atoms with Gasteiger partial charge in [-0.3, -0.25) is 9.59 Å². The summed E-state index contributed by atoms with van der Waals surface area (Å²) in [6.07, 6.45) is 0.764. The largest absolute Gasteiger partial charge is 0.353 e. The minimum absolute atomic E-state index is 0.0408. The standard InChI is InChI=1S/C14H8INO2/c15-11-6-2-5-10-13(11)16-12-8(7-17)3-1-4-9(12)14(10)18/h1-7H,(H,16,18). The molecule has 0 aliphatic carbocycles. The van der Waals surface area contributed by atoms with Crippen molar-refractivity contribution in [3.8, 4) is 0 Å². The number of aromatic amines is 1. The molecular formula is C14H8INO2. The molecule has 0 spiro atoms. The van der Waals surface area contributed by atoms with Gasteiger partial charge in [-0.25, -0.2) is 0 Å². The SMILES string of the molecule is O=Cc1cccc2c(=O)c3cccc(I)c3[nH]c12. The number of nitrogens with one attached hydrogen (secondary N) is 1. The van der Waals surface area contributed by atoms with Gasteiger partial charge in [0.15, 0.2) is 11.7 Å². The molecule has 0 bridgehead atoms. The van der Waals surface area contributed by atoms with Crippen molar-refractivity contribution in [2.24, 2.45) is 0 Å². The Hall–Kier alpha value is -1.69. The quantitative estimate of drug-likeness (QED) is 0.417. The summed E-state index contributed by atoms with van der Waals surface area (Å²) in [6.45, 7) is 0. The second kappa shape index (κ2) is 4.20. The van der Waals surface area contributed by atoms with Crippen molar-refractivity contribution in [3.05, 3.63) is 55.8 Å². The smallest absolute Gasteiger partial charge is 0.197 e. The molecule has 0 amide bonds. The molecule has 1 N–H and O–H groups in total. The van der Waals surface area contributed by atoms with Crippen LogP contribution in [0.25, 0.3) is 21.8 Å². The Kier molecular flexibility index (Phi) is 2.66. The van der Waals surface area contributed by atoms with Gasteiger partial charge < -0.3 is 4.98 Å². The van der Waals surface area contributed by atoms with Crippen LogP contribution >= 0.6 is 22.6 Å². The van der Waals surface area contributed by atoms with Crippen LogP contribution in [0.4, 0.5) is 0 Å². The number of H-pyrrole nitrogens is 1. The van der Waals surface area contributed by atoms with E-state index in [9.17, 15) is 9.59 Å². The fourth-order valence-corrected chi connectivity index (χ4v) is 2.74. The van der Waals surface area contributed by atoms with Crippen LogP contribution in [0.2, 0.25) is 0 Å². The molecule has 0 radical (unpaired) electrons. The molecule has 4 heteroatoms. The van der Waals surface area contributed by atoms with Crippen LogP contribution in [0, 0.1) is 3.57 Å². The normalized spacial score (nSPS) is 10.9. The van der Waals surface area contributed by atoms with Gasteiger partial charge in [0.1, 0.15) is 0 Å². The van der Waals surface area contributed by atoms with Crippen LogP contribution in [0.1, 0.15) is 10.4 Å². The Labute approximate surface area is 116 Å². The molecule has 18 heavy (non-hydrogen) atoms. The Balaban J connectivity index is 2.65. The lowest BCUT2D eigenvalue weighted by Gasteiger charge is -2.05. The summed E-state index contributed by atoms with van der Waals surface area (Å²) < 4.78 is 0.963. The van der Waals surface area contributed by atoms with Crippen molar-refractivity contribution in [1.82, 2.24) is 4.98 Å². The zero-order valence-electron chi connectivity index (χ0n) is 9.24. The molecule has 0 saturated heterocycles. The van der Waals surface area contributed by atoms with Gasteiger partial charge in [0, 0.05) is 19.9 Å². The van der Waals surface area contributed by atoms with Crippen molar-refractivity contribution >= 4 is 50.7 Å². The van der Waals surface area contributed by atoms with E-state index in [1.807, 2.05) is 12.1 Å². The van der Waals surface area contributed by atoms with E-state index in [0.717, 1.165) is 15.4 Å². The van der Waals surface area contributed by atoms with Gasteiger partial charge in [0.2, 0.25) is 0 Å². The minimum Gasteiger partial charge on any atom is -0.353 e. The van der Waals surface area contributed by atoms with Crippen LogP contribution in [-0.2, 0) is 0 Å². The highest BCUT2D eigenvalue weighted by Crippen LogP contribution is 2.20. The van der Waals surface area contributed by atoms with Gasteiger partial charge in [0.25, 0.3) is 0 Å². The van der Waals surface area contributed by atoms with Crippen LogP contribution in [0.15, 0.2) is 41.2 Å². The van der Waals surface area contributed by atoms with Gasteiger partial charge in [-0.05, 0) is 46.9 Å². The number of para-hydroxylation sites is 2. The minimum atomic E-state index is -0.0408. The average molecular weight is 349 g/mol. The molecule has 0 unspecified atom stereocenters. The number of aromatic nitrogens is 1. The summed E-state index contributed by atoms with van der Waals surface area (Å²) in [4.78, 5) is 26.6. The van der Waals surface area contributed by atoms with E-state index in [0.29, 0.717) is 21.9 Å². The monoisotopic (exact) mass is 349 g/mol. The van der Waals surface area contributed by atoms with Crippen molar-refractivity contribution in [3.63, 3.8) is 0 Å². The van der Waals surface area contributed by atoms with Crippen LogP contribution in [-0.4, -0.2) is 11.3 Å². The van der Waals surface area contributed by atoms with Crippen molar-refractivity contribution in [2.75, 3.05) is 0 Å². The lowest BCUT2D eigenvalue weighted by molar-refractivity contribution is 0.112. The number of fused-ring (bicyclic) bond motifs is 2. The number of pyridine rings is 1. The number of hydrogen-bond donors (Lipinski definition) is 1. The number of benzene rings is 2. The first kappa shape index (κ1) is 11.4. The molecule has 1 heterocycles. The fraction of sp³-hybridized carbons (Fsp3) is 0. The van der Waals surface area contributed by atoms with E-state index >= 15 is 0 Å². The fourth-order valence-electron chi connectivity index (χ4n) is 2.11. The van der Waals surface area contributed by atoms with Crippen LogP contribution in [0.3, 0.4) is 0 Å². The zero-order chi connectivity index (χ0) is 12.7. The molecule has 3 rings (SSSR count). The highest BCUT2D eigenvalue weighted by Gasteiger charge is 2.09. The second-order valence-corrected chi connectivity index (χ2v) is 5.17. The summed E-state index contributed by atoms with van der Waals surface area (Å²) in [7, 11) is 0. The number of carbonyl (C=O) groups excluding carboxylic acids is 1. The molecule has 0 atom stereocenters. The molecule has 0 aliphatic heterocycles. The molecule has 0 aliphatic rings. The molecular weight excluding hydrogens is 341 g/mol. The third-order valence-corrected chi connectivity index (χ3v) is 3.88. The number of hydrogen-bond acceptors (Lipinski definition) is 2. The van der Waals surface area contributed by atoms with Crippen molar-refractivity contribution < 1.29 is 4.79 Å². The topological polar surface area (TPSA) is 49.9 Å². The van der Waals surface area contributed by atoms with Crippen molar-refractivity contribution in [2.45, 2.75) is 0 Å². The Bertz CT molecular complexity index is 836. The van der Waals surface area contributed by atoms with Crippen LogP contribution in [0.5, 0.6) is 0 Å². The lowest BCUT2D eigenvalue weighted by Crippen LogP contribution is -2.06. The summed E-state index contributed by atoms with van der Waals surface area (Å²) in [5, 5.41) is 1.20. The third-order valence-electron chi connectivity index (χ3n) is 2.98. The van der Waals surface area contributed by atoms with Crippen molar-refractivity contribution in [1.29, 1.82) is 0 Å². The predicted molar refractivity (Wildman–Crippen MR) is 80.2 cm³/mol. The Morgan fingerprint density at radius 1 is 1.00 bits per heavy atom. The highest BCUT2D eigenvalue weighted by atomic mass is 127. The third kappa shape index (κ3) is 1.56. The summed E-state index contributed by atoms with van der Waals surface area (Å²) >= 11 is 2.17. The lowest BCUT2D eigenvalue weighted by atomic mass is 10.1. The first-order valence-corrected chi connectivity index (χ1v) is 6.48. The molecule has 2 aromatic carbocycles. The van der Waals surface area contributed by atoms with Gasteiger partial charge in [-0.15, -0.1) is 0 Å². The molecule has 1 aromatic heterocycles. The maximum absolute atomic E-state index is 12.4. The van der Waals surface area contributed by atoms with E-state index < -0.39 is 0 Å². The summed E-state index contributed by atoms with van der Waals surface area (Å²) in [5.74, 6) is 0. The van der Waals surface area contributed by atoms with E-state index in [2.05, 4.69) is 27.6 Å². The molecule has 0 saturated carbocycles. The summed E-state index contributed by atoms with van der Waals surface area (Å²) in [5.41, 5.74) is 1.85. The predicted octanol–water partition coefficient (Wildman–Crippen LogP) is 3.10. The van der Waals surface area contributed by atoms with E-state index in [1.165, 1.54) is 0 Å². The van der Waals surface area contributed by atoms with Gasteiger partial charge >= 0.3 is 0 Å². The molecule has 3 aromatic rings. The number of rotatable bonds is 1. The van der Waals surface area contributed by atoms with E-state index in [4.69, 9.17) is 0 Å². The maximum atomic E-state index is 12.4. The number of halogens is 1. The number of aldehydes is 1. The second-order valence-electron chi connectivity index (χ2n) is 4.00. The summed E-state index contributed by atoms with van der Waals surface area (Å²) in [6, 6.07) is 10.7. The Morgan fingerprint density at radius 2 is 1.67 bits per heavy atom. The highest BCUT2D eigenvalue weighted by molar-refractivity contribution is 14.1. The van der Waals surface area contributed by atoms with E-state index in [-0.39, 0.29) is 5.43 Å². The Morgan fingerprint density at radius 3 is 2.39 bits per heavy atom. The van der Waals surface area contributed by atoms with Gasteiger partial charge in [-0.2, -0.15) is 0 Å². The maximum Gasteiger partial charge on any atom is 0.197 e. The first-order chi connectivity index (χ1) is 8.72. The van der Waals surface area contributed by atoms with E-state index in [1.54, 1.807) is 24.3 Å². The molecule has 88 valence electrons. The van der Waals surface area contributed by atoms with Gasteiger partial charge in [-0.1, -0.05) is 12.1 Å². The van der Waals surface area contributed by atoms with Crippen LogP contribution < -0.4 is 5.43 Å².